The molecule has 0 aliphatic carbocycles. The summed E-state index contributed by atoms with van der Waals surface area (Å²) in [6.45, 7) is 5.65. The lowest BCUT2D eigenvalue weighted by Gasteiger charge is -2.26. The first-order chi connectivity index (χ1) is 9.13. The maximum atomic E-state index is 3.62. The zero-order valence-electron chi connectivity index (χ0n) is 11.6. The SMILES string of the molecule is CCCNCC1CCN(C)C1c1ccc(Br)c(Br)c1. The van der Waals surface area contributed by atoms with E-state index in [4.69, 9.17) is 0 Å². The first-order valence-corrected chi connectivity index (χ1v) is 8.58. The van der Waals surface area contributed by atoms with Gasteiger partial charge in [-0.3, -0.25) is 4.90 Å². The Hall–Kier alpha value is 0.1000. The lowest BCUT2D eigenvalue weighted by atomic mass is 9.93. The van der Waals surface area contributed by atoms with Gasteiger partial charge in [0, 0.05) is 15.0 Å². The molecule has 0 aromatic heterocycles. The van der Waals surface area contributed by atoms with Gasteiger partial charge in [-0.2, -0.15) is 0 Å². The summed E-state index contributed by atoms with van der Waals surface area (Å²) >= 11 is 7.16. The molecule has 0 radical (unpaired) electrons. The number of likely N-dealkylation sites (tertiary alicyclic amines) is 1. The monoisotopic (exact) mass is 388 g/mol. The van der Waals surface area contributed by atoms with Crippen molar-refractivity contribution in [2.45, 2.75) is 25.8 Å². The molecule has 19 heavy (non-hydrogen) atoms. The Bertz CT molecular complexity index is 423. The molecule has 1 saturated heterocycles. The highest BCUT2D eigenvalue weighted by atomic mass is 79.9. The Morgan fingerprint density at radius 1 is 1.32 bits per heavy atom. The number of benzene rings is 1. The minimum absolute atomic E-state index is 0.536. The second-order valence-electron chi connectivity index (χ2n) is 5.35. The van der Waals surface area contributed by atoms with E-state index in [-0.39, 0.29) is 0 Å². The van der Waals surface area contributed by atoms with Gasteiger partial charge in [-0.1, -0.05) is 13.0 Å². The predicted molar refractivity (Wildman–Crippen MR) is 88.5 cm³/mol. The van der Waals surface area contributed by atoms with Crippen molar-refractivity contribution in [2.75, 3.05) is 26.7 Å². The van der Waals surface area contributed by atoms with Crippen LogP contribution in [0.15, 0.2) is 27.1 Å². The Kier molecular flexibility index (Phi) is 5.87. The number of hydrogen-bond donors (Lipinski definition) is 1. The molecule has 1 fully saturated rings. The molecular weight excluding hydrogens is 368 g/mol. The topological polar surface area (TPSA) is 15.3 Å². The van der Waals surface area contributed by atoms with E-state index < -0.39 is 0 Å². The highest BCUT2D eigenvalue weighted by Gasteiger charge is 2.32. The third-order valence-electron chi connectivity index (χ3n) is 3.89. The number of nitrogens with zero attached hydrogens (tertiary/aromatic N) is 1. The standard InChI is InChI=1S/C15H22Br2N2/c1-3-7-18-10-12-6-8-19(2)15(12)11-4-5-13(16)14(17)9-11/h4-5,9,12,15,18H,3,6-8,10H2,1-2H3. The largest absolute Gasteiger partial charge is 0.316 e. The summed E-state index contributed by atoms with van der Waals surface area (Å²) < 4.78 is 2.27. The van der Waals surface area contributed by atoms with Gasteiger partial charge in [0.15, 0.2) is 0 Å². The van der Waals surface area contributed by atoms with E-state index in [2.05, 4.69) is 74.2 Å². The predicted octanol–water partition coefficient (Wildman–Crippen LogP) is 4.20. The molecule has 2 unspecified atom stereocenters. The number of nitrogens with one attached hydrogen (secondary N) is 1. The molecule has 2 rings (SSSR count). The van der Waals surface area contributed by atoms with Crippen LogP contribution >= 0.6 is 31.9 Å². The quantitative estimate of drug-likeness (QED) is 0.759. The third kappa shape index (κ3) is 3.81. The van der Waals surface area contributed by atoms with Crippen LogP contribution in [0.2, 0.25) is 0 Å². The summed E-state index contributed by atoms with van der Waals surface area (Å²) in [7, 11) is 2.24. The molecule has 1 heterocycles. The molecule has 2 nitrogen and oxygen atoms in total. The second kappa shape index (κ2) is 7.21. The summed E-state index contributed by atoms with van der Waals surface area (Å²) in [6, 6.07) is 7.17. The summed E-state index contributed by atoms with van der Waals surface area (Å²) in [5.74, 6) is 0.713. The molecule has 1 aromatic carbocycles. The van der Waals surface area contributed by atoms with Crippen molar-refractivity contribution >= 4 is 31.9 Å². The summed E-state index contributed by atoms with van der Waals surface area (Å²) in [5, 5.41) is 3.58. The molecule has 0 spiro atoms. The summed E-state index contributed by atoms with van der Waals surface area (Å²) in [4.78, 5) is 2.48. The molecule has 1 aliphatic heterocycles. The van der Waals surface area contributed by atoms with Crippen LogP contribution in [-0.2, 0) is 0 Å². The van der Waals surface area contributed by atoms with Crippen LogP contribution in [0.4, 0.5) is 0 Å². The maximum absolute atomic E-state index is 3.62. The van der Waals surface area contributed by atoms with E-state index in [1.165, 1.54) is 24.9 Å². The van der Waals surface area contributed by atoms with Crippen LogP contribution < -0.4 is 5.32 Å². The van der Waals surface area contributed by atoms with Crippen molar-refractivity contribution in [3.05, 3.63) is 32.7 Å². The van der Waals surface area contributed by atoms with E-state index in [1.807, 2.05) is 0 Å². The Morgan fingerprint density at radius 2 is 2.11 bits per heavy atom. The molecule has 0 bridgehead atoms. The highest BCUT2D eigenvalue weighted by molar-refractivity contribution is 9.13. The fourth-order valence-electron chi connectivity index (χ4n) is 2.93. The fourth-order valence-corrected chi connectivity index (χ4v) is 3.57. The van der Waals surface area contributed by atoms with Gasteiger partial charge in [-0.15, -0.1) is 0 Å². The lowest BCUT2D eigenvalue weighted by Crippen LogP contribution is -2.28. The minimum atomic E-state index is 0.536. The van der Waals surface area contributed by atoms with E-state index in [1.54, 1.807) is 0 Å². The number of rotatable bonds is 5. The van der Waals surface area contributed by atoms with Crippen LogP contribution in [0, 0.1) is 5.92 Å². The molecule has 1 aromatic rings. The highest BCUT2D eigenvalue weighted by Crippen LogP contribution is 2.37. The Morgan fingerprint density at radius 3 is 2.79 bits per heavy atom. The molecule has 4 heteroatoms. The smallest absolute Gasteiger partial charge is 0.0386 e. The van der Waals surface area contributed by atoms with Crippen molar-refractivity contribution in [3.8, 4) is 0 Å². The average molecular weight is 390 g/mol. The van der Waals surface area contributed by atoms with Crippen LogP contribution in [0.25, 0.3) is 0 Å². The second-order valence-corrected chi connectivity index (χ2v) is 7.06. The van der Waals surface area contributed by atoms with Crippen molar-refractivity contribution in [3.63, 3.8) is 0 Å². The van der Waals surface area contributed by atoms with Crippen LogP contribution in [-0.4, -0.2) is 31.6 Å². The summed E-state index contributed by atoms with van der Waals surface area (Å²) in [6.07, 6.45) is 2.49. The van der Waals surface area contributed by atoms with E-state index in [0.29, 0.717) is 12.0 Å². The average Bonchev–Trinajstić information content (AvgIpc) is 2.75. The molecule has 0 amide bonds. The first-order valence-electron chi connectivity index (χ1n) is 6.99. The lowest BCUT2D eigenvalue weighted by molar-refractivity contribution is 0.272. The molecule has 2 atom stereocenters. The third-order valence-corrected chi connectivity index (χ3v) is 5.77. The minimum Gasteiger partial charge on any atom is -0.316 e. The molecular formula is C15H22Br2N2. The van der Waals surface area contributed by atoms with Gasteiger partial charge in [0.2, 0.25) is 0 Å². The van der Waals surface area contributed by atoms with Crippen LogP contribution in [0.1, 0.15) is 31.4 Å². The molecule has 0 saturated carbocycles. The van der Waals surface area contributed by atoms with E-state index >= 15 is 0 Å². The molecule has 106 valence electrons. The van der Waals surface area contributed by atoms with Gasteiger partial charge < -0.3 is 5.32 Å². The van der Waals surface area contributed by atoms with Gasteiger partial charge >= 0.3 is 0 Å². The molecule has 1 N–H and O–H groups in total. The van der Waals surface area contributed by atoms with Gasteiger partial charge in [-0.05, 0) is 95.0 Å². The van der Waals surface area contributed by atoms with Crippen molar-refractivity contribution in [2.24, 2.45) is 5.92 Å². The van der Waals surface area contributed by atoms with Gasteiger partial charge in [-0.25, -0.2) is 0 Å². The van der Waals surface area contributed by atoms with Crippen molar-refractivity contribution in [1.82, 2.24) is 10.2 Å². The first kappa shape index (κ1) is 15.5. The van der Waals surface area contributed by atoms with Gasteiger partial charge in [0.1, 0.15) is 0 Å². The normalized spacial score (nSPS) is 24.0. The van der Waals surface area contributed by atoms with Gasteiger partial charge in [0.25, 0.3) is 0 Å². The molecule has 1 aliphatic rings. The zero-order chi connectivity index (χ0) is 13.8. The zero-order valence-corrected chi connectivity index (χ0v) is 14.8. The maximum Gasteiger partial charge on any atom is 0.0386 e. The van der Waals surface area contributed by atoms with Crippen molar-refractivity contribution in [1.29, 1.82) is 0 Å². The van der Waals surface area contributed by atoms with Crippen LogP contribution in [0.5, 0.6) is 0 Å². The summed E-state index contributed by atoms with van der Waals surface area (Å²) in [5.41, 5.74) is 1.42. The van der Waals surface area contributed by atoms with E-state index in [0.717, 1.165) is 22.0 Å². The number of hydrogen-bond acceptors (Lipinski definition) is 2. The van der Waals surface area contributed by atoms with Gasteiger partial charge in [0.05, 0.1) is 0 Å². The Balaban J connectivity index is 2.11. The Labute approximate surface area is 133 Å². The fraction of sp³-hybridized carbons (Fsp3) is 0.600. The number of halogens is 2. The van der Waals surface area contributed by atoms with Crippen LogP contribution in [0.3, 0.4) is 0 Å². The van der Waals surface area contributed by atoms with Crippen molar-refractivity contribution < 1.29 is 0 Å². The van der Waals surface area contributed by atoms with E-state index in [9.17, 15) is 0 Å².